The molecule has 0 aromatic heterocycles. The summed E-state index contributed by atoms with van der Waals surface area (Å²) in [6, 6.07) is 15.8. The van der Waals surface area contributed by atoms with Gasteiger partial charge >= 0.3 is 0 Å². The maximum absolute atomic E-state index is 13.9. The molecule has 1 aliphatic rings. The standard InChI is InChI=1S/C24H17F2NO4/c1-31-19-11-7-14(8-12-19)21-20(22(28)15-5-9-16(25)10-6-15)23(29)24(30)27(21)18-4-2-3-17(26)13-18/h2-13,21,28H,1H3/b22-20+. The second-order valence-electron chi connectivity index (χ2n) is 6.93. The molecule has 31 heavy (non-hydrogen) atoms. The predicted octanol–water partition coefficient (Wildman–Crippen LogP) is 4.60. The van der Waals surface area contributed by atoms with Crippen LogP contribution in [0.4, 0.5) is 14.5 Å². The van der Waals surface area contributed by atoms with E-state index in [9.17, 15) is 23.5 Å². The van der Waals surface area contributed by atoms with E-state index in [-0.39, 0.29) is 16.8 Å². The van der Waals surface area contributed by atoms with Gasteiger partial charge < -0.3 is 9.84 Å². The van der Waals surface area contributed by atoms with E-state index >= 15 is 0 Å². The van der Waals surface area contributed by atoms with Crippen LogP contribution < -0.4 is 9.64 Å². The number of methoxy groups -OCH3 is 1. The van der Waals surface area contributed by atoms with Gasteiger partial charge in [-0.3, -0.25) is 14.5 Å². The first-order valence-electron chi connectivity index (χ1n) is 9.37. The number of carbonyl (C=O) groups excluding carboxylic acids is 2. The van der Waals surface area contributed by atoms with Crippen LogP contribution in [0.3, 0.4) is 0 Å². The van der Waals surface area contributed by atoms with E-state index in [0.29, 0.717) is 11.3 Å². The van der Waals surface area contributed by atoms with E-state index in [1.54, 1.807) is 24.3 Å². The molecule has 1 heterocycles. The summed E-state index contributed by atoms with van der Waals surface area (Å²) in [6.45, 7) is 0. The molecule has 3 aromatic carbocycles. The maximum Gasteiger partial charge on any atom is 0.300 e. The van der Waals surface area contributed by atoms with Crippen molar-refractivity contribution in [2.75, 3.05) is 12.0 Å². The van der Waals surface area contributed by atoms with Crippen LogP contribution in [0.25, 0.3) is 5.76 Å². The Morgan fingerprint density at radius 1 is 0.935 bits per heavy atom. The first kappa shape index (κ1) is 20.3. The zero-order valence-corrected chi connectivity index (χ0v) is 16.4. The van der Waals surface area contributed by atoms with E-state index in [0.717, 1.165) is 23.1 Å². The molecule has 1 aliphatic heterocycles. The minimum absolute atomic E-state index is 0.168. The Morgan fingerprint density at radius 2 is 1.61 bits per heavy atom. The van der Waals surface area contributed by atoms with Gasteiger partial charge in [-0.2, -0.15) is 0 Å². The number of nitrogens with zero attached hydrogens (tertiary/aromatic N) is 1. The van der Waals surface area contributed by atoms with Crippen LogP contribution in [0.5, 0.6) is 5.75 Å². The van der Waals surface area contributed by atoms with Crippen molar-refractivity contribution in [3.05, 3.63) is 101 Å². The highest BCUT2D eigenvalue weighted by Gasteiger charge is 2.47. The molecule has 0 spiro atoms. The smallest absolute Gasteiger partial charge is 0.300 e. The SMILES string of the molecule is COc1ccc(C2/C(=C(\O)c3ccc(F)cc3)C(=O)C(=O)N2c2cccc(F)c2)cc1. The lowest BCUT2D eigenvalue weighted by molar-refractivity contribution is -0.132. The summed E-state index contributed by atoms with van der Waals surface area (Å²) in [5, 5.41) is 10.9. The maximum atomic E-state index is 13.9. The number of aliphatic hydroxyl groups is 1. The third kappa shape index (κ3) is 3.66. The number of halogens is 2. The number of Topliss-reactive ketones (excluding diaryl/α,β-unsaturated/α-hetero) is 1. The van der Waals surface area contributed by atoms with Crippen molar-refractivity contribution in [2.24, 2.45) is 0 Å². The van der Waals surface area contributed by atoms with Crippen LogP contribution >= 0.6 is 0 Å². The van der Waals surface area contributed by atoms with Crippen LogP contribution in [-0.2, 0) is 9.59 Å². The second kappa shape index (κ2) is 8.02. The minimum atomic E-state index is -1.02. The highest BCUT2D eigenvalue weighted by atomic mass is 19.1. The Labute approximate surface area is 176 Å². The number of hydrogen-bond acceptors (Lipinski definition) is 4. The molecule has 1 unspecified atom stereocenters. The lowest BCUT2D eigenvalue weighted by Gasteiger charge is -2.25. The Hall–Kier alpha value is -4.00. The molecule has 1 amide bonds. The van der Waals surface area contributed by atoms with Gasteiger partial charge in [0.1, 0.15) is 23.1 Å². The summed E-state index contributed by atoms with van der Waals surface area (Å²) >= 11 is 0. The average molecular weight is 421 g/mol. The number of ketones is 1. The summed E-state index contributed by atoms with van der Waals surface area (Å²) < 4.78 is 32.4. The number of ether oxygens (including phenoxy) is 1. The summed E-state index contributed by atoms with van der Waals surface area (Å²) in [6.07, 6.45) is 0. The largest absolute Gasteiger partial charge is 0.507 e. The molecule has 0 bridgehead atoms. The van der Waals surface area contributed by atoms with Gasteiger partial charge in [0.15, 0.2) is 0 Å². The number of rotatable bonds is 4. The Kier molecular flexibility index (Phi) is 5.25. The Balaban J connectivity index is 1.93. The molecule has 4 rings (SSSR count). The van der Waals surface area contributed by atoms with Gasteiger partial charge in [0.25, 0.3) is 11.7 Å². The van der Waals surface area contributed by atoms with Crippen molar-refractivity contribution in [3.63, 3.8) is 0 Å². The lowest BCUT2D eigenvalue weighted by atomic mass is 9.95. The summed E-state index contributed by atoms with van der Waals surface area (Å²) in [5.74, 6) is -2.81. The highest BCUT2D eigenvalue weighted by molar-refractivity contribution is 6.51. The van der Waals surface area contributed by atoms with Crippen LogP contribution in [-0.4, -0.2) is 23.9 Å². The molecule has 1 saturated heterocycles. The molecule has 7 heteroatoms. The Bertz CT molecular complexity index is 1190. The van der Waals surface area contributed by atoms with Crippen molar-refractivity contribution < 1.29 is 28.2 Å². The van der Waals surface area contributed by atoms with Gasteiger partial charge in [-0.05, 0) is 60.2 Å². The van der Waals surface area contributed by atoms with E-state index in [4.69, 9.17) is 4.74 Å². The van der Waals surface area contributed by atoms with E-state index in [1.807, 2.05) is 0 Å². The highest BCUT2D eigenvalue weighted by Crippen LogP contribution is 2.42. The van der Waals surface area contributed by atoms with Crippen molar-refractivity contribution in [2.45, 2.75) is 6.04 Å². The molecule has 0 radical (unpaired) electrons. The van der Waals surface area contributed by atoms with Crippen molar-refractivity contribution in [1.29, 1.82) is 0 Å². The fourth-order valence-corrected chi connectivity index (χ4v) is 3.59. The third-order valence-electron chi connectivity index (χ3n) is 5.08. The molecular formula is C24H17F2NO4. The Morgan fingerprint density at radius 3 is 2.23 bits per heavy atom. The molecule has 5 nitrogen and oxygen atoms in total. The fourth-order valence-electron chi connectivity index (χ4n) is 3.59. The molecule has 1 fully saturated rings. The summed E-state index contributed by atoms with van der Waals surface area (Å²) in [5.41, 5.74) is 0.678. The fraction of sp³-hybridized carbons (Fsp3) is 0.0833. The number of amides is 1. The number of carbonyl (C=O) groups is 2. The van der Waals surface area contributed by atoms with Crippen LogP contribution in [0.2, 0.25) is 0 Å². The zero-order chi connectivity index (χ0) is 22.1. The zero-order valence-electron chi connectivity index (χ0n) is 16.4. The van der Waals surface area contributed by atoms with Gasteiger partial charge in [0, 0.05) is 11.3 Å². The van der Waals surface area contributed by atoms with E-state index in [1.165, 1.54) is 37.4 Å². The van der Waals surface area contributed by atoms with Gasteiger partial charge in [-0.15, -0.1) is 0 Å². The van der Waals surface area contributed by atoms with Crippen LogP contribution in [0.1, 0.15) is 17.2 Å². The molecule has 3 aromatic rings. The number of aliphatic hydroxyl groups excluding tert-OH is 1. The number of anilines is 1. The minimum Gasteiger partial charge on any atom is -0.507 e. The van der Waals surface area contributed by atoms with Gasteiger partial charge in [0.2, 0.25) is 0 Å². The van der Waals surface area contributed by atoms with Crippen molar-refractivity contribution in [3.8, 4) is 5.75 Å². The van der Waals surface area contributed by atoms with Crippen molar-refractivity contribution >= 4 is 23.1 Å². The first-order valence-corrected chi connectivity index (χ1v) is 9.37. The van der Waals surface area contributed by atoms with Gasteiger partial charge in [-0.1, -0.05) is 18.2 Å². The second-order valence-corrected chi connectivity index (χ2v) is 6.93. The van der Waals surface area contributed by atoms with Crippen molar-refractivity contribution in [1.82, 2.24) is 0 Å². The number of benzene rings is 3. The van der Waals surface area contributed by atoms with Gasteiger partial charge in [-0.25, -0.2) is 8.78 Å². The van der Waals surface area contributed by atoms with E-state index < -0.39 is 35.1 Å². The number of hydrogen-bond donors (Lipinski definition) is 1. The lowest BCUT2D eigenvalue weighted by Crippen LogP contribution is -2.29. The quantitative estimate of drug-likeness (QED) is 0.380. The van der Waals surface area contributed by atoms with Crippen LogP contribution in [0, 0.1) is 11.6 Å². The molecule has 1 N–H and O–H groups in total. The summed E-state index contributed by atoms with van der Waals surface area (Å²) in [7, 11) is 1.50. The van der Waals surface area contributed by atoms with E-state index in [2.05, 4.69) is 0 Å². The van der Waals surface area contributed by atoms with Gasteiger partial charge in [0.05, 0.1) is 18.7 Å². The molecule has 1 atom stereocenters. The monoisotopic (exact) mass is 421 g/mol. The molecule has 156 valence electrons. The van der Waals surface area contributed by atoms with Crippen LogP contribution in [0.15, 0.2) is 78.4 Å². The summed E-state index contributed by atoms with van der Waals surface area (Å²) in [4.78, 5) is 27.1. The predicted molar refractivity (Wildman–Crippen MR) is 111 cm³/mol. The average Bonchev–Trinajstić information content (AvgIpc) is 3.04. The molecule has 0 aliphatic carbocycles. The third-order valence-corrected chi connectivity index (χ3v) is 5.08. The normalized spacial score (nSPS) is 17.8. The topological polar surface area (TPSA) is 66.8 Å². The first-order chi connectivity index (χ1) is 14.9. The molecule has 0 saturated carbocycles. The molecular weight excluding hydrogens is 404 g/mol.